The third-order valence-corrected chi connectivity index (χ3v) is 2.99. The van der Waals surface area contributed by atoms with E-state index in [0.29, 0.717) is 6.04 Å². The first-order chi connectivity index (χ1) is 7.72. The molecular formula is C14H27N3. The van der Waals surface area contributed by atoms with Gasteiger partial charge in [-0.15, -0.1) is 0 Å². The fraction of sp³-hybridized carbons (Fsp3) is 0.786. The van der Waals surface area contributed by atoms with E-state index in [1.54, 1.807) is 0 Å². The molecule has 3 heteroatoms. The highest BCUT2D eigenvalue weighted by Gasteiger charge is 2.14. The molecule has 0 aliphatic carbocycles. The van der Waals surface area contributed by atoms with Crippen LogP contribution in [0.5, 0.6) is 0 Å². The van der Waals surface area contributed by atoms with Gasteiger partial charge < -0.3 is 5.32 Å². The first kappa shape index (κ1) is 14.2. The first-order valence-electron chi connectivity index (χ1n) is 6.52. The minimum Gasteiger partial charge on any atom is -0.312 e. The fourth-order valence-corrected chi connectivity index (χ4v) is 2.12. The molecule has 0 saturated heterocycles. The molecule has 0 aromatic carbocycles. The Hall–Kier alpha value is -0.830. The molecule has 1 N–H and O–H groups in total. The third-order valence-electron chi connectivity index (χ3n) is 2.99. The van der Waals surface area contributed by atoms with E-state index in [-0.39, 0.29) is 5.54 Å². The number of aryl methyl sites for hydroxylation is 1. The van der Waals surface area contributed by atoms with Gasteiger partial charge in [-0.05, 0) is 67.0 Å². The molecule has 0 saturated carbocycles. The van der Waals surface area contributed by atoms with Gasteiger partial charge in [0, 0.05) is 17.3 Å². The lowest BCUT2D eigenvalue weighted by molar-refractivity contribution is 0.429. The van der Waals surface area contributed by atoms with Crippen LogP contribution in [-0.2, 0) is 6.42 Å². The lowest BCUT2D eigenvalue weighted by Crippen LogP contribution is -2.37. The maximum atomic E-state index is 4.61. The zero-order valence-corrected chi connectivity index (χ0v) is 12.4. The summed E-state index contributed by atoms with van der Waals surface area (Å²) in [7, 11) is 0. The summed E-state index contributed by atoms with van der Waals surface area (Å²) >= 11 is 0. The number of nitrogens with zero attached hydrogens (tertiary/aromatic N) is 2. The van der Waals surface area contributed by atoms with Gasteiger partial charge in [-0.3, -0.25) is 4.68 Å². The van der Waals surface area contributed by atoms with E-state index in [9.17, 15) is 0 Å². The highest BCUT2D eigenvalue weighted by atomic mass is 15.3. The van der Waals surface area contributed by atoms with Gasteiger partial charge in [0.25, 0.3) is 0 Å². The highest BCUT2D eigenvalue weighted by Crippen LogP contribution is 2.17. The second kappa shape index (κ2) is 5.21. The van der Waals surface area contributed by atoms with Crippen LogP contribution in [0.2, 0.25) is 0 Å². The normalized spacial score (nSPS) is 12.5. The Bertz CT molecular complexity index is 370. The number of nitrogens with one attached hydrogen (secondary N) is 1. The van der Waals surface area contributed by atoms with Crippen molar-refractivity contribution < 1.29 is 0 Å². The van der Waals surface area contributed by atoms with Crippen molar-refractivity contribution in [3.8, 4) is 0 Å². The van der Waals surface area contributed by atoms with Gasteiger partial charge >= 0.3 is 0 Å². The summed E-state index contributed by atoms with van der Waals surface area (Å²) in [5, 5.41) is 8.14. The molecule has 0 amide bonds. The van der Waals surface area contributed by atoms with Crippen LogP contribution < -0.4 is 5.32 Å². The quantitative estimate of drug-likeness (QED) is 0.872. The molecule has 0 spiro atoms. The average molecular weight is 237 g/mol. The van der Waals surface area contributed by atoms with Crippen LogP contribution in [0.25, 0.3) is 0 Å². The summed E-state index contributed by atoms with van der Waals surface area (Å²) in [6, 6.07) is 0.443. The van der Waals surface area contributed by atoms with E-state index in [1.807, 2.05) is 0 Å². The molecule has 17 heavy (non-hydrogen) atoms. The Kier molecular flexibility index (Phi) is 4.36. The van der Waals surface area contributed by atoms with Crippen molar-refractivity contribution in [3.63, 3.8) is 0 Å². The van der Waals surface area contributed by atoms with E-state index < -0.39 is 0 Å². The Balaban J connectivity index is 2.72. The number of hydrogen-bond donors (Lipinski definition) is 1. The van der Waals surface area contributed by atoms with Gasteiger partial charge in [0.15, 0.2) is 0 Å². The van der Waals surface area contributed by atoms with Crippen LogP contribution in [-0.4, -0.2) is 21.9 Å². The topological polar surface area (TPSA) is 29.9 Å². The molecule has 0 fully saturated rings. The standard InChI is InChI=1S/C14H27N3/c1-10(2)17-12(4)13(11(3)16-17)8-9-15-14(5,6)7/h10,15H,8-9H2,1-7H3. The molecule has 0 aliphatic rings. The monoisotopic (exact) mass is 237 g/mol. The Morgan fingerprint density at radius 2 is 1.82 bits per heavy atom. The molecule has 1 heterocycles. The van der Waals surface area contributed by atoms with E-state index in [4.69, 9.17) is 0 Å². The van der Waals surface area contributed by atoms with Gasteiger partial charge in [0.05, 0.1) is 5.69 Å². The summed E-state index contributed by atoms with van der Waals surface area (Å²) in [6.45, 7) is 16.2. The van der Waals surface area contributed by atoms with Crippen LogP contribution in [0.15, 0.2) is 0 Å². The number of aromatic nitrogens is 2. The molecule has 0 atom stereocenters. The molecule has 0 radical (unpaired) electrons. The lowest BCUT2D eigenvalue weighted by atomic mass is 10.1. The van der Waals surface area contributed by atoms with Crippen LogP contribution in [0.3, 0.4) is 0 Å². The van der Waals surface area contributed by atoms with Crippen molar-refractivity contribution in [2.24, 2.45) is 0 Å². The van der Waals surface area contributed by atoms with Crippen molar-refractivity contribution in [1.29, 1.82) is 0 Å². The zero-order valence-electron chi connectivity index (χ0n) is 12.4. The maximum absolute atomic E-state index is 4.61. The fourth-order valence-electron chi connectivity index (χ4n) is 2.12. The zero-order chi connectivity index (χ0) is 13.2. The lowest BCUT2D eigenvalue weighted by Gasteiger charge is -2.20. The summed E-state index contributed by atoms with van der Waals surface area (Å²) in [6.07, 6.45) is 1.06. The van der Waals surface area contributed by atoms with Gasteiger partial charge in [-0.1, -0.05) is 0 Å². The van der Waals surface area contributed by atoms with Gasteiger partial charge in [0.1, 0.15) is 0 Å². The molecule has 1 rings (SSSR count). The maximum Gasteiger partial charge on any atom is 0.0629 e. The van der Waals surface area contributed by atoms with E-state index in [2.05, 4.69) is 63.6 Å². The van der Waals surface area contributed by atoms with Crippen molar-refractivity contribution in [2.45, 2.75) is 66.5 Å². The second-order valence-electron chi connectivity index (χ2n) is 6.11. The Morgan fingerprint density at radius 1 is 1.24 bits per heavy atom. The molecule has 0 unspecified atom stereocenters. The highest BCUT2D eigenvalue weighted by molar-refractivity contribution is 5.25. The average Bonchev–Trinajstić information content (AvgIpc) is 2.43. The van der Waals surface area contributed by atoms with Crippen LogP contribution in [0, 0.1) is 13.8 Å². The van der Waals surface area contributed by atoms with Crippen LogP contribution in [0.4, 0.5) is 0 Å². The predicted molar refractivity (Wildman–Crippen MR) is 73.5 cm³/mol. The number of hydrogen-bond acceptors (Lipinski definition) is 2. The molecule has 1 aromatic rings. The Labute approximate surface area is 106 Å². The van der Waals surface area contributed by atoms with Crippen LogP contribution in [0.1, 0.15) is 57.6 Å². The summed E-state index contributed by atoms with van der Waals surface area (Å²) in [4.78, 5) is 0. The molecule has 0 aliphatic heterocycles. The summed E-state index contributed by atoms with van der Waals surface area (Å²) in [5.74, 6) is 0. The van der Waals surface area contributed by atoms with Gasteiger partial charge in [-0.2, -0.15) is 5.10 Å². The minimum atomic E-state index is 0.190. The predicted octanol–water partition coefficient (Wildman–Crippen LogP) is 3.01. The first-order valence-corrected chi connectivity index (χ1v) is 6.52. The third kappa shape index (κ3) is 3.84. The van der Waals surface area contributed by atoms with E-state index >= 15 is 0 Å². The van der Waals surface area contributed by atoms with Gasteiger partial charge in [0.2, 0.25) is 0 Å². The van der Waals surface area contributed by atoms with E-state index in [0.717, 1.165) is 13.0 Å². The minimum absolute atomic E-state index is 0.190. The Morgan fingerprint density at radius 3 is 2.24 bits per heavy atom. The molecular weight excluding hydrogens is 210 g/mol. The van der Waals surface area contributed by atoms with Crippen molar-refractivity contribution >= 4 is 0 Å². The van der Waals surface area contributed by atoms with Gasteiger partial charge in [-0.25, -0.2) is 0 Å². The largest absolute Gasteiger partial charge is 0.312 e. The van der Waals surface area contributed by atoms with Crippen molar-refractivity contribution in [1.82, 2.24) is 15.1 Å². The van der Waals surface area contributed by atoms with E-state index in [1.165, 1.54) is 17.0 Å². The summed E-state index contributed by atoms with van der Waals surface area (Å²) < 4.78 is 2.13. The van der Waals surface area contributed by atoms with Crippen molar-refractivity contribution in [2.75, 3.05) is 6.54 Å². The molecule has 3 nitrogen and oxygen atoms in total. The summed E-state index contributed by atoms with van der Waals surface area (Å²) in [5.41, 5.74) is 4.08. The van der Waals surface area contributed by atoms with Crippen LogP contribution >= 0.6 is 0 Å². The molecule has 1 aromatic heterocycles. The molecule has 0 bridgehead atoms. The van der Waals surface area contributed by atoms with Crippen molar-refractivity contribution in [3.05, 3.63) is 17.0 Å². The molecule has 98 valence electrons. The second-order valence-corrected chi connectivity index (χ2v) is 6.11. The smallest absolute Gasteiger partial charge is 0.0629 e. The SMILES string of the molecule is Cc1nn(C(C)C)c(C)c1CCNC(C)(C)C. The number of rotatable bonds is 4.